The number of anilines is 1. The first-order chi connectivity index (χ1) is 18.1. The molecule has 1 N–H and O–H groups in total. The Kier molecular flexibility index (Phi) is 8.32. The Bertz CT molecular complexity index is 1370. The van der Waals surface area contributed by atoms with Crippen LogP contribution in [-0.2, 0) is 16.1 Å². The normalized spacial score (nSPS) is 14.9. The minimum Gasteiger partial charge on any atom is -0.494 e. The van der Waals surface area contributed by atoms with E-state index in [-0.39, 0.29) is 24.7 Å². The van der Waals surface area contributed by atoms with Crippen LogP contribution < -0.4 is 15.2 Å². The lowest BCUT2D eigenvalue weighted by Crippen LogP contribution is -2.33. The quantitative estimate of drug-likeness (QED) is 0.470. The van der Waals surface area contributed by atoms with Crippen LogP contribution in [0, 0.1) is 5.82 Å². The predicted molar refractivity (Wildman–Crippen MR) is 144 cm³/mol. The Morgan fingerprint density at radius 3 is 2.61 bits per heavy atom. The zero-order valence-corrected chi connectivity index (χ0v) is 22.4. The number of ether oxygens (including phenoxy) is 2. The average molecular weight is 527 g/mol. The number of β-amino-alcohol motifs (C(OH)–C–C–N with tert-alkyl or cyclic N) is 1. The minimum atomic E-state index is -0.728. The van der Waals surface area contributed by atoms with E-state index >= 15 is 0 Å². The van der Waals surface area contributed by atoms with Gasteiger partial charge in [0.1, 0.15) is 18.0 Å². The van der Waals surface area contributed by atoms with E-state index in [9.17, 15) is 19.1 Å². The third kappa shape index (κ3) is 6.31. The molecule has 2 aromatic carbocycles. The van der Waals surface area contributed by atoms with Gasteiger partial charge < -0.3 is 19.5 Å². The first-order valence-electron chi connectivity index (χ1n) is 12.8. The van der Waals surface area contributed by atoms with Gasteiger partial charge in [-0.1, -0.05) is 0 Å². The van der Waals surface area contributed by atoms with E-state index in [4.69, 9.17) is 14.5 Å². The number of fused-ring (bicyclic) bond motifs is 1. The molecular formula is C28H35FN4O5. The first kappa shape index (κ1) is 27.5. The van der Waals surface area contributed by atoms with E-state index in [1.165, 1.54) is 29.9 Å². The summed E-state index contributed by atoms with van der Waals surface area (Å²) < 4.78 is 26.0. The molecule has 0 amide bonds. The zero-order chi connectivity index (χ0) is 27.4. The van der Waals surface area contributed by atoms with Crippen LogP contribution in [0.25, 0.3) is 22.3 Å². The second kappa shape index (κ2) is 11.5. The number of methoxy groups -OCH3 is 1. The number of benzene rings is 2. The SMILES string of the molecule is COc1cc(-c2nc3ccc(N4CCCN(CCO)CC4)cc3c(=O)n2CC(=O)OC(C)(C)C)ccc1F. The second-order valence-electron chi connectivity index (χ2n) is 10.4. The van der Waals surface area contributed by atoms with Crippen LogP contribution in [0.15, 0.2) is 41.2 Å². The number of nitrogens with zero attached hydrogens (tertiary/aromatic N) is 4. The third-order valence-electron chi connectivity index (χ3n) is 6.42. The maximum absolute atomic E-state index is 14.1. The van der Waals surface area contributed by atoms with E-state index in [1.54, 1.807) is 26.8 Å². The lowest BCUT2D eigenvalue weighted by molar-refractivity contribution is -0.155. The molecule has 0 aliphatic carbocycles. The molecule has 0 bridgehead atoms. The summed E-state index contributed by atoms with van der Waals surface area (Å²) in [5.41, 5.74) is 0.675. The van der Waals surface area contributed by atoms with Crippen molar-refractivity contribution in [2.45, 2.75) is 39.3 Å². The highest BCUT2D eigenvalue weighted by Crippen LogP contribution is 2.27. The molecule has 4 rings (SSSR count). The first-order valence-corrected chi connectivity index (χ1v) is 12.8. The minimum absolute atomic E-state index is 0.00687. The van der Waals surface area contributed by atoms with Crippen molar-refractivity contribution in [1.29, 1.82) is 0 Å². The summed E-state index contributed by atoms with van der Waals surface area (Å²) in [4.78, 5) is 35.8. The summed E-state index contributed by atoms with van der Waals surface area (Å²) in [6, 6.07) is 9.74. The van der Waals surface area contributed by atoms with Crippen molar-refractivity contribution in [2.24, 2.45) is 0 Å². The maximum Gasteiger partial charge on any atom is 0.326 e. The summed E-state index contributed by atoms with van der Waals surface area (Å²) in [5.74, 6) is -0.900. The number of carbonyl (C=O) groups excluding carboxylic acids is 1. The highest BCUT2D eigenvalue weighted by Gasteiger charge is 2.22. The number of aliphatic hydroxyl groups excluding tert-OH is 1. The van der Waals surface area contributed by atoms with Crippen molar-refractivity contribution in [3.05, 3.63) is 52.6 Å². The summed E-state index contributed by atoms with van der Waals surface area (Å²) in [7, 11) is 1.36. The molecule has 10 heteroatoms. The molecule has 1 aliphatic heterocycles. The van der Waals surface area contributed by atoms with Gasteiger partial charge in [-0.25, -0.2) is 9.37 Å². The largest absolute Gasteiger partial charge is 0.494 e. The molecule has 3 aromatic rings. The molecule has 0 saturated carbocycles. The molecule has 0 spiro atoms. The highest BCUT2D eigenvalue weighted by atomic mass is 19.1. The van der Waals surface area contributed by atoms with Crippen molar-refractivity contribution >= 4 is 22.6 Å². The number of halogens is 1. The summed E-state index contributed by atoms with van der Waals surface area (Å²) in [5, 5.41) is 9.66. The molecule has 2 heterocycles. The topological polar surface area (TPSA) is 97.1 Å². The van der Waals surface area contributed by atoms with Crippen LogP contribution in [0.5, 0.6) is 5.75 Å². The fourth-order valence-electron chi connectivity index (χ4n) is 4.67. The van der Waals surface area contributed by atoms with Gasteiger partial charge in [-0.3, -0.25) is 19.1 Å². The fourth-order valence-corrected chi connectivity index (χ4v) is 4.67. The van der Waals surface area contributed by atoms with E-state index in [0.717, 1.165) is 38.3 Å². The Balaban J connectivity index is 1.79. The van der Waals surface area contributed by atoms with Gasteiger partial charge >= 0.3 is 5.97 Å². The number of carbonyl (C=O) groups is 1. The third-order valence-corrected chi connectivity index (χ3v) is 6.42. The summed E-state index contributed by atoms with van der Waals surface area (Å²) >= 11 is 0. The van der Waals surface area contributed by atoms with Crippen molar-refractivity contribution < 1.29 is 23.8 Å². The number of aliphatic hydroxyl groups is 1. The maximum atomic E-state index is 14.1. The molecule has 38 heavy (non-hydrogen) atoms. The van der Waals surface area contributed by atoms with Crippen LogP contribution in [0.1, 0.15) is 27.2 Å². The molecule has 204 valence electrons. The van der Waals surface area contributed by atoms with Crippen LogP contribution in [0.3, 0.4) is 0 Å². The number of aromatic nitrogens is 2. The number of hydrogen-bond acceptors (Lipinski definition) is 8. The van der Waals surface area contributed by atoms with Crippen molar-refractivity contribution in [1.82, 2.24) is 14.5 Å². The van der Waals surface area contributed by atoms with Crippen LogP contribution in [-0.4, -0.2) is 77.6 Å². The highest BCUT2D eigenvalue weighted by molar-refractivity contribution is 5.84. The Labute approximate surface area is 221 Å². The van der Waals surface area contributed by atoms with Crippen LogP contribution in [0.4, 0.5) is 10.1 Å². The summed E-state index contributed by atoms with van der Waals surface area (Å²) in [6.45, 7) is 8.98. The molecule has 1 aromatic heterocycles. The van der Waals surface area contributed by atoms with E-state index < -0.39 is 22.9 Å². The van der Waals surface area contributed by atoms with Crippen molar-refractivity contribution in [2.75, 3.05) is 51.3 Å². The van der Waals surface area contributed by atoms with Gasteiger partial charge in [0.25, 0.3) is 5.56 Å². The van der Waals surface area contributed by atoms with Crippen LogP contribution in [0.2, 0.25) is 0 Å². The molecule has 1 saturated heterocycles. The smallest absolute Gasteiger partial charge is 0.326 e. The molecule has 1 fully saturated rings. The standard InChI is InChI=1S/C28H35FN4O5/c1-28(2,3)38-25(35)18-33-26(19-6-8-22(29)24(16-19)37-4)30-23-9-7-20(17-21(23)27(33)36)32-11-5-10-31(12-13-32)14-15-34/h6-9,16-17,34H,5,10-15,18H2,1-4H3. The average Bonchev–Trinajstić information content (AvgIpc) is 3.10. The molecule has 0 unspecified atom stereocenters. The van der Waals surface area contributed by atoms with Gasteiger partial charge in [0.15, 0.2) is 11.6 Å². The molecule has 0 atom stereocenters. The fraction of sp³-hybridized carbons (Fsp3) is 0.464. The van der Waals surface area contributed by atoms with Crippen molar-refractivity contribution in [3.8, 4) is 17.1 Å². The number of hydrogen-bond donors (Lipinski definition) is 1. The Morgan fingerprint density at radius 2 is 1.89 bits per heavy atom. The lowest BCUT2D eigenvalue weighted by Gasteiger charge is -2.24. The van der Waals surface area contributed by atoms with Gasteiger partial charge in [0, 0.05) is 37.4 Å². The van der Waals surface area contributed by atoms with E-state index in [2.05, 4.69) is 9.80 Å². The van der Waals surface area contributed by atoms with Gasteiger partial charge in [0.2, 0.25) is 0 Å². The molecule has 0 radical (unpaired) electrons. The molecular weight excluding hydrogens is 491 g/mol. The van der Waals surface area contributed by atoms with Gasteiger partial charge in [-0.2, -0.15) is 0 Å². The van der Waals surface area contributed by atoms with Gasteiger partial charge in [-0.15, -0.1) is 0 Å². The Morgan fingerprint density at radius 1 is 1.11 bits per heavy atom. The number of esters is 1. The van der Waals surface area contributed by atoms with Crippen LogP contribution >= 0.6 is 0 Å². The second-order valence-corrected chi connectivity index (χ2v) is 10.4. The Hall–Kier alpha value is -3.50. The van der Waals surface area contributed by atoms with Gasteiger partial charge in [-0.05, 0) is 70.1 Å². The van der Waals surface area contributed by atoms with E-state index in [0.29, 0.717) is 23.0 Å². The van der Waals surface area contributed by atoms with Gasteiger partial charge in [0.05, 0.1) is 24.6 Å². The van der Waals surface area contributed by atoms with E-state index in [1.807, 2.05) is 12.1 Å². The molecule has 9 nitrogen and oxygen atoms in total. The number of rotatable bonds is 7. The monoisotopic (exact) mass is 526 g/mol. The zero-order valence-electron chi connectivity index (χ0n) is 22.4. The lowest BCUT2D eigenvalue weighted by atomic mass is 10.1. The summed E-state index contributed by atoms with van der Waals surface area (Å²) in [6.07, 6.45) is 0.935. The predicted octanol–water partition coefficient (Wildman–Crippen LogP) is 3.06. The molecule has 1 aliphatic rings. The van der Waals surface area contributed by atoms with Crippen molar-refractivity contribution in [3.63, 3.8) is 0 Å².